The van der Waals surface area contributed by atoms with Gasteiger partial charge in [0, 0.05) is 17.3 Å². The Bertz CT molecular complexity index is 758. The summed E-state index contributed by atoms with van der Waals surface area (Å²) in [6.45, 7) is 7.37. The molecule has 1 aromatic heterocycles. The number of guanidine groups is 1. The fourth-order valence-corrected chi connectivity index (χ4v) is 3.22. The Kier molecular flexibility index (Phi) is 4.90. The summed E-state index contributed by atoms with van der Waals surface area (Å²) in [6.07, 6.45) is 7.22. The van der Waals surface area contributed by atoms with Crippen LogP contribution >= 0.6 is 0 Å². The number of nitrogens with one attached hydrogen (secondary N) is 4. The van der Waals surface area contributed by atoms with Crippen LogP contribution in [0.2, 0.25) is 0 Å². The summed E-state index contributed by atoms with van der Waals surface area (Å²) >= 11 is 0. The summed E-state index contributed by atoms with van der Waals surface area (Å²) in [5.74, 6) is 0.797. The maximum Gasteiger partial charge on any atom is 0.202 e. The van der Waals surface area contributed by atoms with E-state index in [0.717, 1.165) is 43.0 Å². The third-order valence-corrected chi connectivity index (χ3v) is 4.38. The predicted octanol–water partition coefficient (Wildman–Crippen LogP) is 3.94. The molecule has 0 aliphatic carbocycles. The van der Waals surface area contributed by atoms with E-state index in [-0.39, 0.29) is 5.66 Å². The first-order valence-corrected chi connectivity index (χ1v) is 8.86. The van der Waals surface area contributed by atoms with E-state index in [1.165, 1.54) is 11.1 Å². The van der Waals surface area contributed by atoms with E-state index in [1.54, 1.807) is 0 Å². The van der Waals surface area contributed by atoms with Gasteiger partial charge >= 0.3 is 0 Å². The van der Waals surface area contributed by atoms with Gasteiger partial charge in [0.1, 0.15) is 5.66 Å². The van der Waals surface area contributed by atoms with Crippen LogP contribution in [0.15, 0.2) is 47.2 Å². The van der Waals surface area contributed by atoms with Crippen LogP contribution in [0.5, 0.6) is 0 Å². The second-order valence-electron chi connectivity index (χ2n) is 6.19. The van der Waals surface area contributed by atoms with Crippen LogP contribution in [-0.2, 0) is 0 Å². The van der Waals surface area contributed by atoms with Gasteiger partial charge in [0.05, 0.1) is 11.2 Å². The summed E-state index contributed by atoms with van der Waals surface area (Å²) < 4.78 is 0. The molecule has 2 aromatic rings. The lowest BCUT2D eigenvalue weighted by atomic mass is 10.0. The van der Waals surface area contributed by atoms with Gasteiger partial charge in [0.25, 0.3) is 0 Å². The molecular weight excluding hydrogens is 298 g/mol. The van der Waals surface area contributed by atoms with Crippen LogP contribution in [0, 0.1) is 0 Å². The summed E-state index contributed by atoms with van der Waals surface area (Å²) in [5.41, 5.74) is 3.01. The minimum absolute atomic E-state index is 0.337. The molecule has 1 aliphatic rings. The highest BCUT2D eigenvalue weighted by molar-refractivity contribution is 6.03. The molecule has 3 rings (SSSR count). The molecule has 0 radical (unpaired) electrons. The van der Waals surface area contributed by atoms with Crippen molar-refractivity contribution in [1.29, 1.82) is 0 Å². The lowest BCUT2D eigenvalue weighted by molar-refractivity contribution is 0.405. The number of hydrogen-bond donors (Lipinski definition) is 4. The number of aliphatic imine (C=N–C) groups is 1. The van der Waals surface area contributed by atoms with Crippen LogP contribution in [0.4, 0.5) is 5.69 Å². The molecule has 0 fully saturated rings. The van der Waals surface area contributed by atoms with Crippen molar-refractivity contribution in [2.45, 2.75) is 45.7 Å². The largest absolute Gasteiger partial charge is 0.359 e. The SMILES string of the molecule is CCCC1=CC(CC)(NCC)N=C(Nc2cccc3cc[nH]c23)N1. The fourth-order valence-electron chi connectivity index (χ4n) is 3.22. The lowest BCUT2D eigenvalue weighted by Gasteiger charge is -2.33. The number of rotatable bonds is 6. The normalized spacial score (nSPS) is 20.5. The van der Waals surface area contributed by atoms with Crippen LogP contribution in [0.1, 0.15) is 40.0 Å². The van der Waals surface area contributed by atoms with Gasteiger partial charge in [-0.05, 0) is 37.6 Å². The Labute approximate surface area is 143 Å². The molecule has 5 nitrogen and oxygen atoms in total. The van der Waals surface area contributed by atoms with Gasteiger partial charge in [-0.3, -0.25) is 5.32 Å². The summed E-state index contributed by atoms with van der Waals surface area (Å²) in [5, 5.41) is 11.6. The third kappa shape index (κ3) is 3.31. The van der Waals surface area contributed by atoms with Gasteiger partial charge in [-0.15, -0.1) is 0 Å². The molecule has 2 heterocycles. The average molecular weight is 325 g/mol. The minimum atomic E-state index is -0.337. The van der Waals surface area contributed by atoms with Crippen molar-refractivity contribution >= 4 is 22.5 Å². The Morgan fingerprint density at radius 3 is 2.79 bits per heavy atom. The number of H-pyrrole nitrogens is 1. The quantitative estimate of drug-likeness (QED) is 0.650. The highest BCUT2D eigenvalue weighted by atomic mass is 15.3. The number of para-hydroxylation sites is 1. The maximum absolute atomic E-state index is 4.93. The van der Waals surface area contributed by atoms with E-state index >= 15 is 0 Å². The molecule has 0 amide bonds. The highest BCUT2D eigenvalue weighted by Gasteiger charge is 2.28. The number of aromatic amines is 1. The number of aromatic nitrogens is 1. The maximum atomic E-state index is 4.93. The molecule has 4 N–H and O–H groups in total. The topological polar surface area (TPSA) is 64.2 Å². The second-order valence-corrected chi connectivity index (χ2v) is 6.19. The Hall–Kier alpha value is -2.27. The Balaban J connectivity index is 1.92. The van der Waals surface area contributed by atoms with Crippen LogP contribution in [0.3, 0.4) is 0 Å². The Morgan fingerprint density at radius 2 is 2.04 bits per heavy atom. The molecule has 1 unspecified atom stereocenters. The number of anilines is 1. The molecule has 5 heteroatoms. The van der Waals surface area contributed by atoms with Gasteiger partial charge in [-0.25, -0.2) is 4.99 Å². The highest BCUT2D eigenvalue weighted by Crippen LogP contribution is 2.25. The van der Waals surface area contributed by atoms with Crippen LogP contribution in [-0.4, -0.2) is 23.2 Å². The van der Waals surface area contributed by atoms with Gasteiger partial charge in [-0.1, -0.05) is 39.3 Å². The van der Waals surface area contributed by atoms with E-state index in [4.69, 9.17) is 4.99 Å². The average Bonchev–Trinajstić information content (AvgIpc) is 3.05. The minimum Gasteiger partial charge on any atom is -0.359 e. The molecular formula is C19H27N5. The first kappa shape index (κ1) is 16.6. The van der Waals surface area contributed by atoms with Crippen LogP contribution in [0.25, 0.3) is 10.9 Å². The van der Waals surface area contributed by atoms with E-state index in [9.17, 15) is 0 Å². The van der Waals surface area contributed by atoms with Crippen molar-refractivity contribution in [3.05, 3.63) is 42.2 Å². The number of hydrogen-bond acceptors (Lipinski definition) is 4. The Morgan fingerprint density at radius 1 is 1.17 bits per heavy atom. The molecule has 1 aliphatic heterocycles. The number of fused-ring (bicyclic) bond motifs is 1. The van der Waals surface area contributed by atoms with Crippen molar-refractivity contribution < 1.29 is 0 Å². The standard InChI is InChI=1S/C19H27N5/c1-4-8-15-13-19(5-2,21-6-3)24-18(22-15)23-16-10-7-9-14-11-12-20-17(14)16/h7,9-13,20-21H,4-6,8H2,1-3H3,(H2,22,23,24). The van der Waals surface area contributed by atoms with E-state index in [1.807, 2.05) is 6.20 Å². The lowest BCUT2D eigenvalue weighted by Crippen LogP contribution is -2.48. The molecule has 1 atom stereocenters. The van der Waals surface area contributed by atoms with Gasteiger partial charge in [0.15, 0.2) is 0 Å². The van der Waals surface area contributed by atoms with E-state index in [0.29, 0.717) is 0 Å². The smallest absolute Gasteiger partial charge is 0.202 e. The molecule has 0 spiro atoms. The molecule has 24 heavy (non-hydrogen) atoms. The summed E-state index contributed by atoms with van der Waals surface area (Å²) in [4.78, 5) is 8.23. The van der Waals surface area contributed by atoms with Crippen molar-refractivity contribution in [2.24, 2.45) is 4.99 Å². The number of nitrogens with zero attached hydrogens (tertiary/aromatic N) is 1. The third-order valence-electron chi connectivity index (χ3n) is 4.38. The first-order chi connectivity index (χ1) is 11.7. The van der Waals surface area contributed by atoms with Gasteiger partial charge in [0.2, 0.25) is 5.96 Å². The molecule has 0 bridgehead atoms. The van der Waals surface area contributed by atoms with E-state index in [2.05, 4.69) is 72.0 Å². The van der Waals surface area contributed by atoms with E-state index < -0.39 is 0 Å². The second kappa shape index (κ2) is 7.09. The predicted molar refractivity (Wildman–Crippen MR) is 102 cm³/mol. The molecule has 0 saturated carbocycles. The van der Waals surface area contributed by atoms with Crippen molar-refractivity contribution in [2.75, 3.05) is 11.9 Å². The summed E-state index contributed by atoms with van der Waals surface area (Å²) in [6, 6.07) is 8.31. The number of allylic oxidation sites excluding steroid dienone is 1. The van der Waals surface area contributed by atoms with Gasteiger partial charge < -0.3 is 15.6 Å². The van der Waals surface area contributed by atoms with Crippen molar-refractivity contribution in [3.63, 3.8) is 0 Å². The van der Waals surface area contributed by atoms with Crippen molar-refractivity contribution in [3.8, 4) is 0 Å². The zero-order chi connectivity index (χ0) is 17.0. The first-order valence-electron chi connectivity index (χ1n) is 8.86. The molecule has 1 aromatic carbocycles. The van der Waals surface area contributed by atoms with Crippen LogP contribution < -0.4 is 16.0 Å². The number of benzene rings is 1. The fraction of sp³-hybridized carbons (Fsp3) is 0.421. The number of likely N-dealkylation sites (N-methyl/N-ethyl adjacent to an activating group) is 1. The molecule has 0 saturated heterocycles. The zero-order valence-electron chi connectivity index (χ0n) is 14.7. The molecule has 128 valence electrons. The zero-order valence-corrected chi connectivity index (χ0v) is 14.7. The van der Waals surface area contributed by atoms with Crippen molar-refractivity contribution in [1.82, 2.24) is 15.6 Å². The van der Waals surface area contributed by atoms with Gasteiger partial charge in [-0.2, -0.15) is 0 Å². The summed E-state index contributed by atoms with van der Waals surface area (Å²) in [7, 11) is 0. The monoisotopic (exact) mass is 325 g/mol.